The van der Waals surface area contributed by atoms with Crippen LogP contribution in [0.5, 0.6) is 0 Å². The average Bonchev–Trinajstić information content (AvgIpc) is 3.49. The number of esters is 1. The Morgan fingerprint density at radius 2 is 1.94 bits per heavy atom. The fourth-order valence-electron chi connectivity index (χ4n) is 3.98. The first-order chi connectivity index (χ1) is 15.5. The van der Waals surface area contributed by atoms with Crippen molar-refractivity contribution in [2.24, 2.45) is 0 Å². The van der Waals surface area contributed by atoms with Crippen molar-refractivity contribution in [1.82, 2.24) is 9.78 Å². The minimum absolute atomic E-state index is 0.217. The third-order valence-electron chi connectivity index (χ3n) is 5.60. The second kappa shape index (κ2) is 8.41. The van der Waals surface area contributed by atoms with Gasteiger partial charge in [-0.1, -0.05) is 48.0 Å². The Balaban J connectivity index is 1.30. The highest BCUT2D eigenvalue weighted by atomic mass is 35.5. The monoisotopic (exact) mass is 465 g/mol. The zero-order chi connectivity index (χ0) is 22.2. The minimum atomic E-state index is -0.504. The molecule has 1 aliphatic rings. The molecule has 3 heterocycles. The van der Waals surface area contributed by atoms with Crippen molar-refractivity contribution in [3.63, 3.8) is 0 Å². The van der Waals surface area contributed by atoms with Gasteiger partial charge in [-0.25, -0.2) is 4.79 Å². The van der Waals surface area contributed by atoms with Gasteiger partial charge in [0.2, 0.25) is 0 Å². The Hall–Kier alpha value is -3.16. The molecule has 0 atom stereocenters. The van der Waals surface area contributed by atoms with Crippen molar-refractivity contribution in [1.29, 1.82) is 0 Å². The highest BCUT2D eigenvalue weighted by molar-refractivity contribution is 7.20. The van der Waals surface area contributed by atoms with Crippen LogP contribution >= 0.6 is 22.9 Å². The number of hydrogen-bond donors (Lipinski definition) is 0. The number of amides is 1. The molecule has 2 aromatic heterocycles. The number of carbonyl (C=O) groups excluding carboxylic acids is 2. The highest BCUT2D eigenvalue weighted by Crippen LogP contribution is 2.31. The van der Waals surface area contributed by atoms with Crippen LogP contribution in [0.25, 0.3) is 10.2 Å². The number of para-hydroxylation sites is 1. The summed E-state index contributed by atoms with van der Waals surface area (Å²) >= 11 is 7.60. The molecule has 4 aromatic rings. The molecule has 1 amide bonds. The van der Waals surface area contributed by atoms with Crippen LogP contribution in [0.4, 0.5) is 5.69 Å². The van der Waals surface area contributed by atoms with E-state index in [0.717, 1.165) is 39.1 Å². The van der Waals surface area contributed by atoms with Crippen molar-refractivity contribution >= 4 is 50.7 Å². The van der Waals surface area contributed by atoms with Gasteiger partial charge in [0, 0.05) is 22.6 Å². The number of nitrogens with zero attached hydrogens (tertiary/aromatic N) is 3. The van der Waals surface area contributed by atoms with Crippen LogP contribution in [-0.4, -0.2) is 34.8 Å². The van der Waals surface area contributed by atoms with Gasteiger partial charge in [0.1, 0.15) is 9.71 Å². The quantitative estimate of drug-likeness (QED) is 0.395. The van der Waals surface area contributed by atoms with E-state index >= 15 is 0 Å². The summed E-state index contributed by atoms with van der Waals surface area (Å²) in [5.74, 6) is -0.721. The van der Waals surface area contributed by atoms with Gasteiger partial charge in [0.25, 0.3) is 5.91 Å². The average molecular weight is 466 g/mol. The van der Waals surface area contributed by atoms with Gasteiger partial charge in [0.15, 0.2) is 6.61 Å². The van der Waals surface area contributed by atoms with Crippen LogP contribution in [-0.2, 0) is 22.5 Å². The lowest BCUT2D eigenvalue weighted by Gasteiger charge is -2.16. The predicted octanol–water partition coefficient (Wildman–Crippen LogP) is 4.85. The normalized spacial score (nSPS) is 12.9. The van der Waals surface area contributed by atoms with E-state index in [2.05, 4.69) is 5.10 Å². The lowest BCUT2D eigenvalue weighted by molar-refractivity contribution is -0.121. The molecule has 0 fully saturated rings. The van der Waals surface area contributed by atoms with Crippen molar-refractivity contribution in [3.05, 3.63) is 81.3 Å². The number of carbonyl (C=O) groups is 2. The molecule has 5 rings (SSSR count). The standard InChI is InChI=1S/C24H20ClN3O3S/c1-15-18-12-21(32-23(18)28(26-15)13-17-7-2-4-8-19(17)25)24(30)31-14-22(29)27-11-10-16-6-3-5-9-20(16)27/h2-9,12H,10-11,13-14H2,1H3. The first-order valence-corrected chi connectivity index (χ1v) is 11.5. The zero-order valence-corrected chi connectivity index (χ0v) is 18.9. The summed E-state index contributed by atoms with van der Waals surface area (Å²) in [7, 11) is 0. The molecule has 0 bridgehead atoms. The minimum Gasteiger partial charge on any atom is -0.451 e. The van der Waals surface area contributed by atoms with E-state index in [-0.39, 0.29) is 12.5 Å². The Morgan fingerprint density at radius 3 is 2.78 bits per heavy atom. The predicted molar refractivity (Wildman–Crippen MR) is 126 cm³/mol. The molecular formula is C24H20ClN3O3S. The molecule has 0 spiro atoms. The lowest BCUT2D eigenvalue weighted by Crippen LogP contribution is -2.33. The second-order valence-corrected chi connectivity index (χ2v) is 9.10. The van der Waals surface area contributed by atoms with Crippen LogP contribution in [0.15, 0.2) is 54.6 Å². The molecule has 8 heteroatoms. The molecule has 6 nitrogen and oxygen atoms in total. The van der Waals surface area contributed by atoms with E-state index < -0.39 is 5.97 Å². The van der Waals surface area contributed by atoms with E-state index in [9.17, 15) is 9.59 Å². The Kier molecular flexibility index (Phi) is 5.45. The summed E-state index contributed by atoms with van der Waals surface area (Å²) in [6.45, 7) is 2.73. The van der Waals surface area contributed by atoms with Gasteiger partial charge in [-0.2, -0.15) is 5.10 Å². The molecule has 0 radical (unpaired) electrons. The number of thiophene rings is 1. The zero-order valence-electron chi connectivity index (χ0n) is 17.4. The van der Waals surface area contributed by atoms with Crippen molar-refractivity contribution in [2.45, 2.75) is 19.9 Å². The number of anilines is 1. The summed E-state index contributed by atoms with van der Waals surface area (Å²) in [6, 6.07) is 17.2. The lowest BCUT2D eigenvalue weighted by atomic mass is 10.2. The van der Waals surface area contributed by atoms with Gasteiger partial charge >= 0.3 is 5.97 Å². The van der Waals surface area contributed by atoms with E-state index in [1.807, 2.05) is 60.1 Å². The van der Waals surface area contributed by atoms with Gasteiger partial charge in [-0.3, -0.25) is 9.48 Å². The molecule has 0 unspecified atom stereocenters. The number of rotatable bonds is 5. The number of hydrogen-bond acceptors (Lipinski definition) is 5. The first-order valence-electron chi connectivity index (χ1n) is 10.3. The largest absolute Gasteiger partial charge is 0.451 e. The number of aryl methyl sites for hydroxylation is 1. The SMILES string of the molecule is Cc1nn(Cc2ccccc2Cl)c2sc(C(=O)OCC(=O)N3CCc4ccccc43)cc12. The topological polar surface area (TPSA) is 64.4 Å². The number of ether oxygens (including phenoxy) is 1. The first kappa shape index (κ1) is 20.7. The second-order valence-electron chi connectivity index (χ2n) is 7.66. The molecule has 2 aromatic carbocycles. The van der Waals surface area contributed by atoms with Gasteiger partial charge in [-0.15, -0.1) is 11.3 Å². The smallest absolute Gasteiger partial charge is 0.348 e. The summed E-state index contributed by atoms with van der Waals surface area (Å²) < 4.78 is 7.21. The number of fused-ring (bicyclic) bond motifs is 2. The van der Waals surface area contributed by atoms with E-state index in [4.69, 9.17) is 16.3 Å². The van der Waals surface area contributed by atoms with E-state index in [1.165, 1.54) is 11.3 Å². The van der Waals surface area contributed by atoms with Crippen molar-refractivity contribution < 1.29 is 14.3 Å². The van der Waals surface area contributed by atoms with E-state index in [0.29, 0.717) is 23.0 Å². The number of benzene rings is 2. The summed E-state index contributed by atoms with van der Waals surface area (Å²) in [4.78, 5) is 28.3. The maximum absolute atomic E-state index is 12.7. The van der Waals surface area contributed by atoms with Crippen molar-refractivity contribution in [2.75, 3.05) is 18.1 Å². The third-order valence-corrected chi connectivity index (χ3v) is 7.10. The highest BCUT2D eigenvalue weighted by Gasteiger charge is 2.25. The molecule has 0 saturated carbocycles. The molecule has 0 saturated heterocycles. The van der Waals surface area contributed by atoms with Crippen LogP contribution in [0.2, 0.25) is 5.02 Å². The number of halogens is 1. The Bertz CT molecular complexity index is 1340. The Labute approximate surface area is 194 Å². The van der Waals surface area contributed by atoms with Crippen molar-refractivity contribution in [3.8, 4) is 0 Å². The van der Waals surface area contributed by atoms with Crippen LogP contribution < -0.4 is 4.90 Å². The molecule has 0 aliphatic carbocycles. The molecule has 1 aliphatic heterocycles. The van der Waals surface area contributed by atoms with Crippen LogP contribution in [0.3, 0.4) is 0 Å². The van der Waals surface area contributed by atoms with Crippen LogP contribution in [0.1, 0.15) is 26.5 Å². The third kappa shape index (κ3) is 3.78. The maximum atomic E-state index is 12.7. The maximum Gasteiger partial charge on any atom is 0.348 e. The fraction of sp³-hybridized carbons (Fsp3) is 0.208. The molecule has 0 N–H and O–H groups in total. The van der Waals surface area contributed by atoms with Gasteiger partial charge in [-0.05, 0) is 42.7 Å². The van der Waals surface area contributed by atoms with Gasteiger partial charge in [0.05, 0.1) is 12.2 Å². The Morgan fingerprint density at radius 1 is 1.16 bits per heavy atom. The summed E-state index contributed by atoms with van der Waals surface area (Å²) in [5, 5.41) is 6.16. The number of aromatic nitrogens is 2. The van der Waals surface area contributed by atoms with Crippen LogP contribution in [0, 0.1) is 6.92 Å². The summed E-state index contributed by atoms with van der Waals surface area (Å²) in [6.07, 6.45) is 0.813. The fourth-order valence-corrected chi connectivity index (χ4v) is 5.23. The molecule has 32 heavy (non-hydrogen) atoms. The summed E-state index contributed by atoms with van der Waals surface area (Å²) in [5.41, 5.74) is 3.81. The van der Waals surface area contributed by atoms with E-state index in [1.54, 1.807) is 11.0 Å². The molecular weight excluding hydrogens is 446 g/mol. The van der Waals surface area contributed by atoms with Gasteiger partial charge < -0.3 is 9.64 Å². The molecule has 162 valence electrons.